The quantitative estimate of drug-likeness (QED) is 0.760. The number of fused-ring (bicyclic) bond motifs is 1. The molecule has 1 aliphatic rings. The third-order valence-corrected chi connectivity index (χ3v) is 4.83. The first kappa shape index (κ1) is 11.8. The zero-order chi connectivity index (χ0) is 12.4. The van der Waals surface area contributed by atoms with Crippen LogP contribution in [0.4, 0.5) is 0 Å². The Balaban J connectivity index is 1.91. The summed E-state index contributed by atoms with van der Waals surface area (Å²) in [7, 11) is 0. The Bertz CT molecular complexity index is 599. The van der Waals surface area contributed by atoms with Crippen LogP contribution < -0.4 is 9.44 Å². The van der Waals surface area contributed by atoms with E-state index < -0.39 is 0 Å². The molecule has 3 rings (SSSR count). The number of hydrogen-bond acceptors (Lipinski definition) is 2. The van der Waals surface area contributed by atoms with Crippen LogP contribution in [0.25, 0.3) is 10.1 Å². The van der Waals surface area contributed by atoms with Gasteiger partial charge in [-0.1, -0.05) is 31.4 Å². The van der Waals surface area contributed by atoms with Crippen molar-refractivity contribution in [2.45, 2.75) is 38.6 Å². The highest BCUT2D eigenvalue weighted by Crippen LogP contribution is 2.23. The molecule has 0 aliphatic heterocycles. The zero-order valence-corrected chi connectivity index (χ0v) is 11.3. The lowest BCUT2D eigenvalue weighted by Gasteiger charge is -2.18. The number of aromatic nitrogens is 1. The molecule has 0 amide bonds. The van der Waals surface area contributed by atoms with Crippen LogP contribution >= 0.6 is 11.3 Å². The van der Waals surface area contributed by atoms with Crippen molar-refractivity contribution in [1.29, 1.82) is 0 Å². The van der Waals surface area contributed by atoms with Crippen molar-refractivity contribution in [3.63, 3.8) is 0 Å². The molecule has 1 aliphatic carbocycles. The molecule has 0 atom stereocenters. The minimum absolute atomic E-state index is 0.180. The van der Waals surface area contributed by atoms with Gasteiger partial charge in [0.05, 0.1) is 10.1 Å². The number of nitrogens with zero attached hydrogens (tertiary/aromatic N) is 1. The molecule has 94 valence electrons. The Labute approximate surface area is 111 Å². The summed E-state index contributed by atoms with van der Waals surface area (Å²) in [5.41, 5.74) is 0. The Kier molecular flexibility index (Phi) is 3.41. The van der Waals surface area contributed by atoms with Crippen molar-refractivity contribution in [2.24, 2.45) is 5.92 Å². The first-order valence-corrected chi connectivity index (χ1v) is 7.57. The molecule has 2 nitrogen and oxygen atoms in total. The summed E-state index contributed by atoms with van der Waals surface area (Å²) in [4.78, 5) is 12.3. The second kappa shape index (κ2) is 5.19. The summed E-state index contributed by atoms with van der Waals surface area (Å²) >= 11 is 1.36. The Morgan fingerprint density at radius 3 is 2.78 bits per heavy atom. The van der Waals surface area contributed by atoms with E-state index >= 15 is 0 Å². The molecular weight excluding hydrogens is 242 g/mol. The van der Waals surface area contributed by atoms with E-state index in [1.54, 1.807) is 0 Å². The molecule has 3 heteroatoms. The largest absolute Gasteiger partial charge is 0.473 e. The third-order valence-electron chi connectivity index (χ3n) is 3.83. The monoisotopic (exact) mass is 260 g/mol. The molecule has 18 heavy (non-hydrogen) atoms. The maximum absolute atomic E-state index is 12.1. The molecular formula is C15H18NOS+. The second-order valence-corrected chi connectivity index (χ2v) is 6.18. The highest BCUT2D eigenvalue weighted by atomic mass is 32.1. The van der Waals surface area contributed by atoms with Gasteiger partial charge in [-0.3, -0.25) is 0 Å². The van der Waals surface area contributed by atoms with Crippen molar-refractivity contribution in [1.82, 2.24) is 0 Å². The Hall–Kier alpha value is -1.22. The van der Waals surface area contributed by atoms with Crippen molar-refractivity contribution < 1.29 is 4.57 Å². The van der Waals surface area contributed by atoms with Crippen LogP contribution in [0.3, 0.4) is 0 Å². The van der Waals surface area contributed by atoms with Gasteiger partial charge in [0.2, 0.25) is 0 Å². The van der Waals surface area contributed by atoms with Crippen molar-refractivity contribution in [3.8, 4) is 0 Å². The van der Waals surface area contributed by atoms with Crippen molar-refractivity contribution in [2.75, 3.05) is 0 Å². The van der Waals surface area contributed by atoms with Gasteiger partial charge in [-0.15, -0.1) is 0 Å². The molecule has 1 saturated carbocycles. The van der Waals surface area contributed by atoms with Gasteiger partial charge in [0.15, 0.2) is 12.7 Å². The van der Waals surface area contributed by atoms with Gasteiger partial charge in [0.1, 0.15) is 0 Å². The summed E-state index contributed by atoms with van der Waals surface area (Å²) in [6.07, 6.45) is 8.62. The fraction of sp³-hybridized carbons (Fsp3) is 0.467. The Morgan fingerprint density at radius 1 is 1.17 bits per heavy atom. The van der Waals surface area contributed by atoms with E-state index in [-0.39, 0.29) is 4.87 Å². The van der Waals surface area contributed by atoms with E-state index in [0.717, 1.165) is 11.2 Å². The summed E-state index contributed by atoms with van der Waals surface area (Å²) < 4.78 is 3.01. The number of benzene rings is 1. The van der Waals surface area contributed by atoms with E-state index in [9.17, 15) is 4.79 Å². The van der Waals surface area contributed by atoms with Gasteiger partial charge in [0, 0.05) is 5.92 Å². The summed E-state index contributed by atoms with van der Waals surface area (Å²) in [6, 6.07) is 8.13. The minimum Gasteiger partial charge on any atom is -0.203 e. The van der Waals surface area contributed by atoms with E-state index in [2.05, 4.69) is 6.07 Å². The SMILES string of the molecule is O=c1sc2ccccc2c[n+]1CC1CCCCC1. The fourth-order valence-corrected chi connectivity index (χ4v) is 3.65. The average Bonchev–Trinajstić information content (AvgIpc) is 2.41. The first-order valence-electron chi connectivity index (χ1n) is 6.75. The first-order chi connectivity index (χ1) is 8.83. The van der Waals surface area contributed by atoms with Crippen LogP contribution in [0.1, 0.15) is 32.1 Å². The number of hydrogen-bond donors (Lipinski definition) is 0. The van der Waals surface area contributed by atoms with E-state index in [0.29, 0.717) is 5.92 Å². The van der Waals surface area contributed by atoms with Crippen LogP contribution in [0, 0.1) is 5.92 Å². The van der Waals surface area contributed by atoms with E-state index in [1.165, 1.54) is 48.8 Å². The van der Waals surface area contributed by atoms with Gasteiger partial charge in [-0.05, 0) is 36.3 Å². The van der Waals surface area contributed by atoms with Crippen molar-refractivity contribution in [3.05, 3.63) is 40.1 Å². The van der Waals surface area contributed by atoms with Gasteiger partial charge in [-0.25, -0.2) is 4.79 Å². The predicted octanol–water partition coefficient (Wildman–Crippen LogP) is 3.13. The number of rotatable bonds is 2. The molecule has 0 saturated heterocycles. The molecule has 0 radical (unpaired) electrons. The zero-order valence-electron chi connectivity index (χ0n) is 10.5. The second-order valence-electron chi connectivity index (χ2n) is 5.19. The van der Waals surface area contributed by atoms with Crippen molar-refractivity contribution >= 4 is 21.4 Å². The van der Waals surface area contributed by atoms with Crippen LogP contribution in [-0.2, 0) is 6.54 Å². The fourth-order valence-electron chi connectivity index (χ4n) is 2.83. The summed E-state index contributed by atoms with van der Waals surface area (Å²) in [6.45, 7) is 0.903. The van der Waals surface area contributed by atoms with E-state index in [1.807, 2.05) is 29.0 Å². The smallest absolute Gasteiger partial charge is 0.203 e. The molecule has 2 aromatic rings. The van der Waals surface area contributed by atoms with E-state index in [4.69, 9.17) is 0 Å². The predicted molar refractivity (Wildman–Crippen MR) is 74.9 cm³/mol. The lowest BCUT2D eigenvalue weighted by molar-refractivity contribution is -0.712. The lowest BCUT2D eigenvalue weighted by Crippen LogP contribution is -2.50. The molecule has 1 heterocycles. The molecule has 0 N–H and O–H groups in total. The molecule has 1 aromatic heterocycles. The van der Waals surface area contributed by atoms with Crippen LogP contribution in [0.5, 0.6) is 0 Å². The third kappa shape index (κ3) is 2.46. The van der Waals surface area contributed by atoms with Crippen LogP contribution in [0.2, 0.25) is 0 Å². The highest BCUT2D eigenvalue weighted by Gasteiger charge is 2.20. The summed E-state index contributed by atoms with van der Waals surface area (Å²) in [5.74, 6) is 0.699. The molecule has 1 aromatic carbocycles. The molecule has 0 bridgehead atoms. The summed E-state index contributed by atoms with van der Waals surface area (Å²) in [5, 5.41) is 1.18. The van der Waals surface area contributed by atoms with Gasteiger partial charge >= 0.3 is 4.87 Å². The van der Waals surface area contributed by atoms with Crippen LogP contribution in [-0.4, -0.2) is 0 Å². The highest BCUT2D eigenvalue weighted by molar-refractivity contribution is 7.15. The lowest BCUT2D eigenvalue weighted by atomic mass is 9.89. The maximum Gasteiger partial charge on any atom is 0.473 e. The maximum atomic E-state index is 12.1. The van der Waals surface area contributed by atoms with Gasteiger partial charge in [-0.2, -0.15) is 4.57 Å². The minimum atomic E-state index is 0.180. The van der Waals surface area contributed by atoms with Gasteiger partial charge < -0.3 is 0 Å². The normalized spacial score (nSPS) is 17.1. The van der Waals surface area contributed by atoms with Crippen LogP contribution in [0.15, 0.2) is 35.3 Å². The molecule has 1 fully saturated rings. The Morgan fingerprint density at radius 2 is 1.94 bits per heavy atom. The molecule has 0 spiro atoms. The van der Waals surface area contributed by atoms with Gasteiger partial charge in [0.25, 0.3) is 0 Å². The standard InChI is InChI=1S/C15H18NOS/c17-15-16(10-12-6-2-1-3-7-12)11-13-8-4-5-9-14(13)18-15/h4-5,8-9,11-12H,1-3,6-7,10H2/q+1. The topological polar surface area (TPSA) is 20.9 Å². The average molecular weight is 260 g/mol. The molecule has 0 unspecified atom stereocenters.